The van der Waals surface area contributed by atoms with E-state index in [1.807, 2.05) is 25.1 Å². The maximum atomic E-state index is 6.06. The molecule has 18 heavy (non-hydrogen) atoms. The van der Waals surface area contributed by atoms with Crippen LogP contribution in [-0.2, 0) is 6.54 Å². The van der Waals surface area contributed by atoms with Crippen LogP contribution < -0.4 is 10.5 Å². The van der Waals surface area contributed by atoms with Gasteiger partial charge >= 0.3 is 0 Å². The molecule has 0 heterocycles. The summed E-state index contributed by atoms with van der Waals surface area (Å²) in [4.78, 5) is 0. The topological polar surface area (TPSA) is 35.2 Å². The highest BCUT2D eigenvalue weighted by Gasteiger charge is 2.07. The van der Waals surface area contributed by atoms with Gasteiger partial charge in [-0.15, -0.1) is 0 Å². The van der Waals surface area contributed by atoms with Crippen molar-refractivity contribution in [3.63, 3.8) is 0 Å². The van der Waals surface area contributed by atoms with E-state index >= 15 is 0 Å². The van der Waals surface area contributed by atoms with Crippen LogP contribution in [0.2, 0.25) is 10.0 Å². The van der Waals surface area contributed by atoms with Crippen molar-refractivity contribution in [3.8, 4) is 11.5 Å². The van der Waals surface area contributed by atoms with Crippen LogP contribution >= 0.6 is 23.2 Å². The molecule has 0 amide bonds. The Labute approximate surface area is 116 Å². The van der Waals surface area contributed by atoms with Gasteiger partial charge in [0.2, 0.25) is 0 Å². The summed E-state index contributed by atoms with van der Waals surface area (Å²) in [5.74, 6) is 1.26. The van der Waals surface area contributed by atoms with E-state index in [-0.39, 0.29) is 0 Å². The summed E-state index contributed by atoms with van der Waals surface area (Å²) in [6.07, 6.45) is 0. The Morgan fingerprint density at radius 1 is 1.17 bits per heavy atom. The second-order valence-electron chi connectivity index (χ2n) is 3.95. The molecule has 0 unspecified atom stereocenters. The molecule has 2 rings (SSSR count). The number of benzene rings is 2. The molecule has 0 fully saturated rings. The zero-order chi connectivity index (χ0) is 13.1. The van der Waals surface area contributed by atoms with Gasteiger partial charge in [-0.1, -0.05) is 35.3 Å². The molecule has 0 spiro atoms. The van der Waals surface area contributed by atoms with Crippen LogP contribution in [-0.4, -0.2) is 0 Å². The van der Waals surface area contributed by atoms with Gasteiger partial charge < -0.3 is 10.5 Å². The lowest BCUT2D eigenvalue weighted by Crippen LogP contribution is -1.99. The van der Waals surface area contributed by atoms with Gasteiger partial charge in [0.1, 0.15) is 16.5 Å². The van der Waals surface area contributed by atoms with Gasteiger partial charge in [0.25, 0.3) is 0 Å². The minimum atomic E-state index is 0.416. The van der Waals surface area contributed by atoms with Crippen LogP contribution in [0.15, 0.2) is 36.4 Å². The molecule has 0 aliphatic rings. The lowest BCUT2D eigenvalue weighted by Gasteiger charge is -2.10. The number of ether oxygens (including phenoxy) is 1. The molecule has 2 nitrogen and oxygen atoms in total. The minimum absolute atomic E-state index is 0.416. The predicted molar refractivity (Wildman–Crippen MR) is 75.6 cm³/mol. The number of hydrogen-bond acceptors (Lipinski definition) is 2. The molecule has 0 radical (unpaired) electrons. The average Bonchev–Trinajstić information content (AvgIpc) is 2.35. The molecule has 0 atom stereocenters. The van der Waals surface area contributed by atoms with Gasteiger partial charge in [-0.3, -0.25) is 0 Å². The van der Waals surface area contributed by atoms with Crippen molar-refractivity contribution >= 4 is 23.2 Å². The third kappa shape index (κ3) is 2.78. The van der Waals surface area contributed by atoms with Crippen molar-refractivity contribution < 1.29 is 4.74 Å². The molecule has 0 saturated heterocycles. The average molecular weight is 282 g/mol. The van der Waals surface area contributed by atoms with E-state index in [1.165, 1.54) is 0 Å². The molecule has 0 aromatic heterocycles. The van der Waals surface area contributed by atoms with Crippen LogP contribution in [0.3, 0.4) is 0 Å². The molecular weight excluding hydrogens is 269 g/mol. The maximum absolute atomic E-state index is 6.06. The number of halogens is 2. The Hall–Kier alpha value is -1.22. The lowest BCUT2D eigenvalue weighted by atomic mass is 10.1. The molecule has 94 valence electrons. The second kappa shape index (κ2) is 5.61. The van der Waals surface area contributed by atoms with E-state index in [0.717, 1.165) is 11.1 Å². The summed E-state index contributed by atoms with van der Waals surface area (Å²) in [5, 5.41) is 0.893. The summed E-state index contributed by atoms with van der Waals surface area (Å²) < 4.78 is 5.71. The summed E-state index contributed by atoms with van der Waals surface area (Å²) in [6.45, 7) is 2.51. The molecule has 2 aromatic rings. The van der Waals surface area contributed by atoms with E-state index in [2.05, 4.69) is 0 Å². The molecule has 0 bridgehead atoms. The van der Waals surface area contributed by atoms with E-state index in [1.54, 1.807) is 18.2 Å². The molecule has 0 aliphatic carbocycles. The van der Waals surface area contributed by atoms with Gasteiger partial charge in [-0.25, -0.2) is 0 Å². The van der Waals surface area contributed by atoms with Crippen molar-refractivity contribution in [2.24, 2.45) is 5.73 Å². The third-order valence-electron chi connectivity index (χ3n) is 2.68. The van der Waals surface area contributed by atoms with E-state index in [0.29, 0.717) is 28.1 Å². The zero-order valence-corrected chi connectivity index (χ0v) is 11.4. The Morgan fingerprint density at radius 3 is 2.61 bits per heavy atom. The molecule has 0 saturated carbocycles. The summed E-state index contributed by atoms with van der Waals surface area (Å²) in [7, 11) is 0. The summed E-state index contributed by atoms with van der Waals surface area (Å²) in [5.41, 5.74) is 7.81. The standard InChI is InChI=1S/C14H13Cl2NO/c1-9-7-11(6-5-10(9)8-17)18-13-4-2-3-12(15)14(13)16/h2-7H,8,17H2,1H3. The van der Waals surface area contributed by atoms with Crippen molar-refractivity contribution in [2.45, 2.75) is 13.5 Å². The fourth-order valence-corrected chi connectivity index (χ4v) is 1.98. The highest BCUT2D eigenvalue weighted by molar-refractivity contribution is 6.42. The normalized spacial score (nSPS) is 10.4. The van der Waals surface area contributed by atoms with Crippen molar-refractivity contribution in [1.29, 1.82) is 0 Å². The van der Waals surface area contributed by atoms with Crippen molar-refractivity contribution in [1.82, 2.24) is 0 Å². The Balaban J connectivity index is 2.29. The van der Waals surface area contributed by atoms with Gasteiger partial charge in [0, 0.05) is 6.54 Å². The quantitative estimate of drug-likeness (QED) is 0.896. The molecule has 0 aliphatic heterocycles. The predicted octanol–water partition coefficient (Wildman–Crippen LogP) is 4.55. The van der Waals surface area contributed by atoms with Crippen LogP contribution in [0.25, 0.3) is 0 Å². The fourth-order valence-electron chi connectivity index (χ4n) is 1.65. The Bertz CT molecular complexity index is 570. The molecule has 2 aromatic carbocycles. The summed E-state index contributed by atoms with van der Waals surface area (Å²) >= 11 is 12.0. The highest BCUT2D eigenvalue weighted by Crippen LogP contribution is 2.34. The van der Waals surface area contributed by atoms with Gasteiger partial charge in [-0.05, 0) is 42.3 Å². The molecule has 4 heteroatoms. The number of aryl methyl sites for hydroxylation is 1. The highest BCUT2D eigenvalue weighted by atomic mass is 35.5. The van der Waals surface area contributed by atoms with Crippen LogP contribution in [0.5, 0.6) is 11.5 Å². The van der Waals surface area contributed by atoms with Gasteiger partial charge in [-0.2, -0.15) is 0 Å². The van der Waals surface area contributed by atoms with Gasteiger partial charge in [0.15, 0.2) is 0 Å². The monoisotopic (exact) mass is 281 g/mol. The summed E-state index contributed by atoms with van der Waals surface area (Å²) in [6, 6.07) is 11.0. The first-order chi connectivity index (χ1) is 8.61. The smallest absolute Gasteiger partial charge is 0.147 e. The number of nitrogens with two attached hydrogens (primary N) is 1. The second-order valence-corrected chi connectivity index (χ2v) is 4.73. The van der Waals surface area contributed by atoms with Gasteiger partial charge in [0.05, 0.1) is 5.02 Å². The van der Waals surface area contributed by atoms with E-state index in [9.17, 15) is 0 Å². The largest absolute Gasteiger partial charge is 0.456 e. The molecular formula is C14H13Cl2NO. The SMILES string of the molecule is Cc1cc(Oc2cccc(Cl)c2Cl)ccc1CN. The first-order valence-electron chi connectivity index (χ1n) is 5.53. The Morgan fingerprint density at radius 2 is 1.94 bits per heavy atom. The maximum Gasteiger partial charge on any atom is 0.147 e. The first-order valence-corrected chi connectivity index (χ1v) is 6.29. The van der Waals surface area contributed by atoms with Crippen molar-refractivity contribution in [2.75, 3.05) is 0 Å². The number of rotatable bonds is 3. The minimum Gasteiger partial charge on any atom is -0.456 e. The van der Waals surface area contributed by atoms with Crippen LogP contribution in [0.1, 0.15) is 11.1 Å². The fraction of sp³-hybridized carbons (Fsp3) is 0.143. The third-order valence-corrected chi connectivity index (χ3v) is 3.48. The van der Waals surface area contributed by atoms with Crippen LogP contribution in [0.4, 0.5) is 0 Å². The first kappa shape index (κ1) is 13.2. The van der Waals surface area contributed by atoms with Crippen LogP contribution in [0, 0.1) is 6.92 Å². The lowest BCUT2D eigenvalue weighted by molar-refractivity contribution is 0.482. The Kier molecular flexibility index (Phi) is 4.12. The van der Waals surface area contributed by atoms with E-state index < -0.39 is 0 Å². The van der Waals surface area contributed by atoms with Crippen molar-refractivity contribution in [3.05, 3.63) is 57.6 Å². The van der Waals surface area contributed by atoms with E-state index in [4.69, 9.17) is 33.7 Å². The molecule has 2 N–H and O–H groups in total. The number of hydrogen-bond donors (Lipinski definition) is 1. The zero-order valence-electron chi connectivity index (χ0n) is 9.91.